The Balaban J connectivity index is 1.71. The second kappa shape index (κ2) is 6.10. The molecule has 0 heterocycles. The summed E-state index contributed by atoms with van der Waals surface area (Å²) in [6, 6.07) is 0. The van der Waals surface area contributed by atoms with E-state index in [1.807, 2.05) is 0 Å². The fraction of sp³-hybridized carbons (Fsp3) is 1.00. The average Bonchev–Trinajstić information content (AvgIpc) is 2.34. The van der Waals surface area contributed by atoms with Gasteiger partial charge in [-0.05, 0) is 31.1 Å². The van der Waals surface area contributed by atoms with Crippen LogP contribution in [-0.2, 0) is 0 Å². The summed E-state index contributed by atoms with van der Waals surface area (Å²) in [5, 5.41) is 0. The largest absolute Gasteiger partial charge is 0.244 e. The normalized spacial score (nSPS) is 40.4. The molecule has 0 aliphatic heterocycles. The first-order valence-electron chi connectivity index (χ1n) is 7.09. The highest BCUT2D eigenvalue weighted by Gasteiger charge is 2.38. The number of hydrogen-bond acceptors (Lipinski definition) is 0. The minimum atomic E-state index is -1.87. The lowest BCUT2D eigenvalue weighted by molar-refractivity contribution is 0.0144. The molecule has 0 aromatic rings. The monoisotopic (exact) mass is 248 g/mol. The molecule has 100 valence electrons. The van der Waals surface area contributed by atoms with E-state index in [1.54, 1.807) is 0 Å². The van der Waals surface area contributed by atoms with Gasteiger partial charge in [0.2, 0.25) is 0 Å². The minimum Gasteiger partial charge on any atom is -0.244 e. The third-order valence-electron chi connectivity index (χ3n) is 4.52. The van der Waals surface area contributed by atoms with Gasteiger partial charge in [-0.2, -0.15) is 0 Å². The molecule has 2 aliphatic carbocycles. The Labute approximate surface area is 102 Å². The van der Waals surface area contributed by atoms with Gasteiger partial charge in [-0.1, -0.05) is 38.5 Å². The van der Waals surface area contributed by atoms with E-state index in [0.717, 1.165) is 18.8 Å². The van der Waals surface area contributed by atoms with Gasteiger partial charge in [-0.3, -0.25) is 0 Å². The van der Waals surface area contributed by atoms with Crippen LogP contribution in [0.2, 0.25) is 0 Å². The van der Waals surface area contributed by atoms with Crippen molar-refractivity contribution in [2.45, 2.75) is 76.3 Å². The van der Waals surface area contributed by atoms with Crippen LogP contribution in [0.5, 0.6) is 0 Å². The number of hydrogen-bond donors (Lipinski definition) is 0. The van der Waals surface area contributed by atoms with Gasteiger partial charge in [-0.25, -0.2) is 13.2 Å². The Morgan fingerprint density at radius 2 is 1.24 bits per heavy atom. The van der Waals surface area contributed by atoms with Gasteiger partial charge in [0.25, 0.3) is 0 Å². The van der Waals surface area contributed by atoms with Crippen molar-refractivity contribution in [3.8, 4) is 0 Å². The van der Waals surface area contributed by atoms with Crippen molar-refractivity contribution in [2.75, 3.05) is 0 Å². The lowest BCUT2D eigenvalue weighted by Crippen LogP contribution is -2.37. The topological polar surface area (TPSA) is 0 Å². The summed E-state index contributed by atoms with van der Waals surface area (Å²) in [7, 11) is 0. The third-order valence-corrected chi connectivity index (χ3v) is 4.52. The van der Waals surface area contributed by atoms with Gasteiger partial charge in [0.1, 0.15) is 12.3 Å². The van der Waals surface area contributed by atoms with E-state index in [-0.39, 0.29) is 18.8 Å². The van der Waals surface area contributed by atoms with Crippen LogP contribution in [-0.4, -0.2) is 18.5 Å². The van der Waals surface area contributed by atoms with Crippen LogP contribution >= 0.6 is 0 Å². The second-order valence-electron chi connectivity index (χ2n) is 5.90. The molecule has 0 saturated heterocycles. The minimum absolute atomic E-state index is 0.0638. The smallest absolute Gasteiger partial charge is 0.162 e. The molecule has 0 radical (unpaired) electrons. The van der Waals surface area contributed by atoms with E-state index in [2.05, 4.69) is 0 Å². The summed E-state index contributed by atoms with van der Waals surface area (Å²) >= 11 is 0. The molecule has 17 heavy (non-hydrogen) atoms. The van der Waals surface area contributed by atoms with E-state index in [0.29, 0.717) is 0 Å². The zero-order chi connectivity index (χ0) is 12.3. The molecule has 2 unspecified atom stereocenters. The molecule has 3 heteroatoms. The SMILES string of the molecule is FC1CC(CCC2CCCCC2)CC(F)C1F. The second-order valence-corrected chi connectivity index (χ2v) is 5.90. The molecule has 0 aromatic heterocycles. The van der Waals surface area contributed by atoms with E-state index in [1.165, 1.54) is 32.1 Å². The molecule has 2 rings (SSSR count). The Hall–Kier alpha value is -0.210. The molecular weight excluding hydrogens is 225 g/mol. The van der Waals surface area contributed by atoms with E-state index in [9.17, 15) is 13.2 Å². The summed E-state index contributed by atoms with van der Waals surface area (Å²) in [6.07, 6.45) is 3.90. The molecule has 2 fully saturated rings. The highest BCUT2D eigenvalue weighted by atomic mass is 19.2. The van der Waals surface area contributed by atoms with Crippen molar-refractivity contribution in [2.24, 2.45) is 11.8 Å². The Morgan fingerprint density at radius 3 is 1.82 bits per heavy atom. The highest BCUT2D eigenvalue weighted by Crippen LogP contribution is 2.36. The summed E-state index contributed by atoms with van der Waals surface area (Å²) in [5.74, 6) is 0.817. The Kier molecular flexibility index (Phi) is 4.75. The summed E-state index contributed by atoms with van der Waals surface area (Å²) < 4.78 is 39.4. The van der Waals surface area contributed by atoms with Gasteiger partial charge in [0.05, 0.1) is 0 Å². The van der Waals surface area contributed by atoms with Crippen molar-refractivity contribution in [3.05, 3.63) is 0 Å². The molecule has 0 N–H and O–H groups in total. The van der Waals surface area contributed by atoms with E-state index in [4.69, 9.17) is 0 Å². The quantitative estimate of drug-likeness (QED) is 0.674. The summed E-state index contributed by atoms with van der Waals surface area (Å²) in [6.45, 7) is 0. The number of rotatable bonds is 3. The highest BCUT2D eigenvalue weighted by molar-refractivity contribution is 4.87. The van der Waals surface area contributed by atoms with Crippen molar-refractivity contribution < 1.29 is 13.2 Å². The van der Waals surface area contributed by atoms with Crippen molar-refractivity contribution in [3.63, 3.8) is 0 Å². The van der Waals surface area contributed by atoms with Crippen LogP contribution in [0, 0.1) is 11.8 Å². The predicted molar refractivity (Wildman–Crippen MR) is 63.2 cm³/mol. The number of alkyl halides is 3. The molecule has 2 aliphatic rings. The Morgan fingerprint density at radius 1 is 0.706 bits per heavy atom. The summed E-state index contributed by atoms with van der Waals surface area (Å²) in [4.78, 5) is 0. The van der Waals surface area contributed by atoms with E-state index >= 15 is 0 Å². The van der Waals surface area contributed by atoms with Gasteiger partial charge in [0, 0.05) is 0 Å². The van der Waals surface area contributed by atoms with Crippen LogP contribution in [0.15, 0.2) is 0 Å². The molecule has 0 aromatic carbocycles. The van der Waals surface area contributed by atoms with Crippen molar-refractivity contribution >= 4 is 0 Å². The van der Waals surface area contributed by atoms with Crippen molar-refractivity contribution in [1.29, 1.82) is 0 Å². The molecule has 0 nitrogen and oxygen atoms in total. The predicted octanol–water partition coefficient (Wildman–Crippen LogP) is 4.77. The first-order valence-corrected chi connectivity index (χ1v) is 7.09. The molecule has 0 amide bonds. The first-order chi connectivity index (χ1) is 8.16. The van der Waals surface area contributed by atoms with Gasteiger partial charge in [0.15, 0.2) is 6.17 Å². The number of halogens is 3. The van der Waals surface area contributed by atoms with Crippen LogP contribution in [0.1, 0.15) is 57.8 Å². The van der Waals surface area contributed by atoms with Gasteiger partial charge < -0.3 is 0 Å². The maximum Gasteiger partial charge on any atom is 0.162 e. The van der Waals surface area contributed by atoms with Crippen molar-refractivity contribution in [1.82, 2.24) is 0 Å². The van der Waals surface area contributed by atoms with Crippen LogP contribution in [0.4, 0.5) is 13.2 Å². The molecular formula is C14H23F3. The first kappa shape index (κ1) is 13.2. The van der Waals surface area contributed by atoms with Crippen LogP contribution in [0.25, 0.3) is 0 Å². The van der Waals surface area contributed by atoms with Crippen LogP contribution in [0.3, 0.4) is 0 Å². The van der Waals surface area contributed by atoms with Crippen LogP contribution < -0.4 is 0 Å². The summed E-state index contributed by atoms with van der Waals surface area (Å²) in [5.41, 5.74) is 0. The van der Waals surface area contributed by atoms with E-state index < -0.39 is 18.5 Å². The fourth-order valence-electron chi connectivity index (χ4n) is 3.40. The third kappa shape index (κ3) is 3.62. The van der Waals surface area contributed by atoms with Gasteiger partial charge in [-0.15, -0.1) is 0 Å². The van der Waals surface area contributed by atoms with Gasteiger partial charge >= 0.3 is 0 Å². The maximum atomic E-state index is 13.2. The zero-order valence-corrected chi connectivity index (χ0v) is 10.4. The molecule has 2 atom stereocenters. The zero-order valence-electron chi connectivity index (χ0n) is 10.4. The molecule has 0 bridgehead atoms. The standard InChI is InChI=1S/C14H23F3/c15-12-8-11(9-13(16)14(12)17)7-6-10-4-2-1-3-5-10/h10-14H,1-9H2. The maximum absolute atomic E-state index is 13.2. The fourth-order valence-corrected chi connectivity index (χ4v) is 3.40. The molecule has 0 spiro atoms. The average molecular weight is 248 g/mol. The lowest BCUT2D eigenvalue weighted by Gasteiger charge is -2.31. The molecule has 2 saturated carbocycles. The lowest BCUT2D eigenvalue weighted by atomic mass is 9.79. The Bertz CT molecular complexity index is 214.